The Morgan fingerprint density at radius 1 is 1.00 bits per heavy atom. The first-order valence-corrected chi connectivity index (χ1v) is 13.1. The van der Waals surface area contributed by atoms with Gasteiger partial charge >= 0.3 is 0 Å². The molecule has 0 atom stereocenters. The number of rotatable bonds is 8. The van der Waals surface area contributed by atoms with Crippen LogP contribution in [0.25, 0.3) is 11.3 Å². The highest BCUT2D eigenvalue weighted by Crippen LogP contribution is 2.25. The van der Waals surface area contributed by atoms with Crippen molar-refractivity contribution >= 4 is 27.5 Å². The predicted octanol–water partition coefficient (Wildman–Crippen LogP) is 4.78. The molecule has 0 bridgehead atoms. The van der Waals surface area contributed by atoms with E-state index >= 15 is 0 Å². The fourth-order valence-electron chi connectivity index (χ4n) is 3.77. The zero-order chi connectivity index (χ0) is 24.7. The summed E-state index contributed by atoms with van der Waals surface area (Å²) in [6.45, 7) is 0.642. The van der Waals surface area contributed by atoms with Gasteiger partial charge in [0.15, 0.2) is 0 Å². The smallest absolute Gasteiger partial charge is 0.262 e. The van der Waals surface area contributed by atoms with Crippen LogP contribution in [0.4, 0.5) is 5.69 Å². The molecule has 4 rings (SSSR count). The van der Waals surface area contributed by atoms with E-state index in [4.69, 9.17) is 9.15 Å². The van der Waals surface area contributed by atoms with Crippen LogP contribution in [-0.4, -0.2) is 33.8 Å². The molecule has 2 N–H and O–H groups in total. The molecule has 3 aromatic rings. The number of hydrogen-bond donors (Lipinski definition) is 2. The van der Waals surface area contributed by atoms with Gasteiger partial charge in [0.1, 0.15) is 23.1 Å². The van der Waals surface area contributed by atoms with Crippen molar-refractivity contribution in [1.82, 2.24) is 4.72 Å². The molecule has 1 aromatic heterocycles. The number of nitrogens with one attached hydrogen (secondary N) is 2. The van der Waals surface area contributed by atoms with E-state index in [1.807, 2.05) is 36.4 Å². The number of anilines is 1. The predicted molar refractivity (Wildman–Crippen MR) is 135 cm³/mol. The van der Waals surface area contributed by atoms with E-state index in [-0.39, 0.29) is 17.2 Å². The van der Waals surface area contributed by atoms with E-state index in [1.54, 1.807) is 19.2 Å². The van der Waals surface area contributed by atoms with Gasteiger partial charge in [-0.25, -0.2) is 8.42 Å². The Labute approximate surface area is 205 Å². The number of carbonyl (C=O) groups excluding carboxylic acids is 1. The number of sulfonamides is 1. The molecule has 1 aliphatic rings. The van der Waals surface area contributed by atoms with E-state index in [9.17, 15) is 13.2 Å². The molecule has 184 valence electrons. The number of methoxy groups -OCH3 is 1. The lowest BCUT2D eigenvalue weighted by atomic mass is 10.2. The van der Waals surface area contributed by atoms with E-state index < -0.39 is 10.0 Å². The minimum absolute atomic E-state index is 0.129. The summed E-state index contributed by atoms with van der Waals surface area (Å²) in [7, 11) is -2.09. The van der Waals surface area contributed by atoms with Gasteiger partial charge in [-0.3, -0.25) is 14.5 Å². The molecule has 35 heavy (non-hydrogen) atoms. The number of benzene rings is 2. The standard InChI is InChI=1S/C26H29N3O5S/c1-33-21-10-6-19(7-11-21)24-16-12-22(34-24)13-17-26(30)28-20-8-14-23(15-9-20)35(31,32)29-25-5-3-2-4-18-27-25/h6-12,14-16H,2-5,13,17-18H2,1H3,(H,27,29)(H,28,30). The van der Waals surface area contributed by atoms with Crippen LogP contribution in [0, 0.1) is 0 Å². The topological polar surface area (TPSA) is 110 Å². The molecular formula is C26H29N3O5S. The number of hydrogen-bond acceptors (Lipinski definition) is 6. The summed E-state index contributed by atoms with van der Waals surface area (Å²) < 4.78 is 38.9. The van der Waals surface area contributed by atoms with E-state index in [1.165, 1.54) is 12.1 Å². The first kappa shape index (κ1) is 24.5. The third-order valence-corrected chi connectivity index (χ3v) is 7.11. The maximum absolute atomic E-state index is 12.6. The van der Waals surface area contributed by atoms with Crippen molar-refractivity contribution < 1.29 is 22.4 Å². The highest BCUT2D eigenvalue weighted by Gasteiger charge is 2.17. The summed E-state index contributed by atoms with van der Waals surface area (Å²) in [6, 6.07) is 17.4. The second-order valence-corrected chi connectivity index (χ2v) is 9.99. The number of carbonyl (C=O) groups is 1. The largest absolute Gasteiger partial charge is 0.497 e. The molecule has 1 amide bonds. The quantitative estimate of drug-likeness (QED) is 0.467. The molecule has 0 fully saturated rings. The number of amides is 1. The Kier molecular flexibility index (Phi) is 7.87. The van der Waals surface area contributed by atoms with Gasteiger partial charge in [0.2, 0.25) is 5.91 Å². The molecule has 2 aromatic carbocycles. The summed E-state index contributed by atoms with van der Waals surface area (Å²) in [4.78, 5) is 16.8. The van der Waals surface area contributed by atoms with Crippen molar-refractivity contribution in [2.24, 2.45) is 4.99 Å². The number of ether oxygens (including phenoxy) is 1. The average Bonchev–Trinajstić information content (AvgIpc) is 3.20. The third-order valence-electron chi connectivity index (χ3n) is 5.71. The molecule has 1 aliphatic heterocycles. The van der Waals surface area contributed by atoms with Crippen LogP contribution in [0.1, 0.15) is 37.9 Å². The fraction of sp³-hybridized carbons (Fsp3) is 0.308. The third kappa shape index (κ3) is 6.73. The number of aliphatic imine (C=N–C) groups is 1. The van der Waals surface area contributed by atoms with Gasteiger partial charge in [-0.05, 0) is 73.5 Å². The van der Waals surface area contributed by atoms with Crippen molar-refractivity contribution in [3.8, 4) is 17.1 Å². The Morgan fingerprint density at radius 2 is 1.77 bits per heavy atom. The second kappa shape index (κ2) is 11.2. The molecule has 8 nitrogen and oxygen atoms in total. The maximum Gasteiger partial charge on any atom is 0.262 e. The Morgan fingerprint density at radius 3 is 2.51 bits per heavy atom. The van der Waals surface area contributed by atoms with Gasteiger partial charge in [-0.2, -0.15) is 0 Å². The fourth-order valence-corrected chi connectivity index (χ4v) is 4.86. The van der Waals surface area contributed by atoms with Crippen LogP contribution >= 0.6 is 0 Å². The van der Waals surface area contributed by atoms with E-state index in [2.05, 4.69) is 15.0 Å². The summed E-state index contributed by atoms with van der Waals surface area (Å²) >= 11 is 0. The number of amidine groups is 1. The molecular weight excluding hydrogens is 466 g/mol. The van der Waals surface area contributed by atoms with Crippen LogP contribution in [0.3, 0.4) is 0 Å². The minimum atomic E-state index is -3.71. The molecule has 0 saturated heterocycles. The first-order chi connectivity index (χ1) is 16.9. The normalized spacial score (nSPS) is 14.0. The maximum atomic E-state index is 12.6. The average molecular weight is 496 g/mol. The Balaban J connectivity index is 1.29. The second-order valence-electron chi connectivity index (χ2n) is 8.31. The monoisotopic (exact) mass is 495 g/mol. The van der Waals surface area contributed by atoms with Crippen LogP contribution in [0.2, 0.25) is 0 Å². The Bertz CT molecular complexity index is 1280. The van der Waals surface area contributed by atoms with Gasteiger partial charge in [0, 0.05) is 37.1 Å². The van der Waals surface area contributed by atoms with Crippen LogP contribution in [0.15, 0.2) is 75.0 Å². The number of aryl methyl sites for hydroxylation is 1. The van der Waals surface area contributed by atoms with Crippen molar-refractivity contribution in [1.29, 1.82) is 0 Å². The summed E-state index contributed by atoms with van der Waals surface area (Å²) in [5, 5.41) is 2.80. The lowest BCUT2D eigenvalue weighted by Gasteiger charge is -2.10. The minimum Gasteiger partial charge on any atom is -0.497 e. The molecule has 9 heteroatoms. The van der Waals surface area contributed by atoms with Gasteiger partial charge in [0.05, 0.1) is 12.0 Å². The molecule has 0 aliphatic carbocycles. The SMILES string of the molecule is COc1ccc(-c2ccc(CCC(=O)Nc3ccc(S(=O)(=O)NC4=NCCCCC4)cc3)o2)cc1. The first-order valence-electron chi connectivity index (χ1n) is 11.6. The van der Waals surface area contributed by atoms with Crippen LogP contribution in [0.5, 0.6) is 5.75 Å². The van der Waals surface area contributed by atoms with Crippen molar-refractivity contribution in [3.63, 3.8) is 0 Å². The summed E-state index contributed by atoms with van der Waals surface area (Å²) in [5.74, 6) is 2.53. The number of nitrogens with zero attached hydrogens (tertiary/aromatic N) is 1. The highest BCUT2D eigenvalue weighted by atomic mass is 32.2. The van der Waals surface area contributed by atoms with Crippen molar-refractivity contribution in [2.75, 3.05) is 19.0 Å². The zero-order valence-corrected chi connectivity index (χ0v) is 20.4. The lowest BCUT2D eigenvalue weighted by molar-refractivity contribution is -0.116. The summed E-state index contributed by atoms with van der Waals surface area (Å²) in [5.41, 5.74) is 1.45. The molecule has 0 saturated carbocycles. The van der Waals surface area contributed by atoms with Gasteiger partial charge in [-0.1, -0.05) is 6.42 Å². The van der Waals surface area contributed by atoms with Gasteiger partial charge in [-0.15, -0.1) is 0 Å². The van der Waals surface area contributed by atoms with Crippen molar-refractivity contribution in [2.45, 2.75) is 43.4 Å². The zero-order valence-electron chi connectivity index (χ0n) is 19.6. The van der Waals surface area contributed by atoms with E-state index in [0.717, 1.165) is 36.3 Å². The van der Waals surface area contributed by atoms with Gasteiger partial charge < -0.3 is 14.5 Å². The van der Waals surface area contributed by atoms with Crippen molar-refractivity contribution in [3.05, 3.63) is 66.4 Å². The molecule has 0 radical (unpaired) electrons. The number of furan rings is 1. The van der Waals surface area contributed by atoms with Gasteiger partial charge in [0.25, 0.3) is 10.0 Å². The molecule has 0 spiro atoms. The van der Waals surface area contributed by atoms with E-state index in [0.29, 0.717) is 36.7 Å². The summed E-state index contributed by atoms with van der Waals surface area (Å²) in [6.07, 6.45) is 4.26. The molecule has 0 unspecified atom stereocenters. The molecule has 2 heterocycles. The lowest BCUT2D eigenvalue weighted by Crippen LogP contribution is -2.30. The van der Waals surface area contributed by atoms with Crippen LogP contribution < -0.4 is 14.8 Å². The van der Waals surface area contributed by atoms with Crippen LogP contribution in [-0.2, 0) is 21.2 Å². The Hall–Kier alpha value is -3.59. The highest BCUT2D eigenvalue weighted by molar-refractivity contribution is 7.90.